The summed E-state index contributed by atoms with van der Waals surface area (Å²) >= 11 is 7.56. The summed E-state index contributed by atoms with van der Waals surface area (Å²) in [7, 11) is 0. The summed E-state index contributed by atoms with van der Waals surface area (Å²) in [6.45, 7) is 0. The van der Waals surface area contributed by atoms with E-state index in [0.29, 0.717) is 10.6 Å². The van der Waals surface area contributed by atoms with Crippen LogP contribution >= 0.6 is 23.4 Å². The highest BCUT2D eigenvalue weighted by Crippen LogP contribution is 2.28. The van der Waals surface area contributed by atoms with Crippen LogP contribution in [0.1, 0.15) is 11.1 Å². The van der Waals surface area contributed by atoms with E-state index in [-0.39, 0.29) is 0 Å². The SMILES string of the molecule is N#Cc1ccc(Cl)cc1SCc1ccccc1. The van der Waals surface area contributed by atoms with E-state index < -0.39 is 0 Å². The predicted octanol–water partition coefficient (Wildman–Crippen LogP) is 4.50. The van der Waals surface area contributed by atoms with Gasteiger partial charge in [0.2, 0.25) is 0 Å². The number of nitrogens with zero attached hydrogens (tertiary/aromatic N) is 1. The maximum atomic E-state index is 9.00. The summed E-state index contributed by atoms with van der Waals surface area (Å²) in [5.41, 5.74) is 1.91. The van der Waals surface area contributed by atoms with Crippen molar-refractivity contribution in [2.75, 3.05) is 0 Å². The van der Waals surface area contributed by atoms with E-state index >= 15 is 0 Å². The molecule has 0 heterocycles. The summed E-state index contributed by atoms with van der Waals surface area (Å²) in [6.07, 6.45) is 0. The maximum Gasteiger partial charge on any atom is 0.100 e. The number of benzene rings is 2. The fraction of sp³-hybridized carbons (Fsp3) is 0.0714. The molecule has 0 aliphatic heterocycles. The Kier molecular flexibility index (Phi) is 4.08. The Bertz CT molecular complexity index is 546. The number of hydrogen-bond acceptors (Lipinski definition) is 2. The Balaban J connectivity index is 2.14. The van der Waals surface area contributed by atoms with Gasteiger partial charge in [-0.15, -0.1) is 11.8 Å². The monoisotopic (exact) mass is 259 g/mol. The molecule has 0 N–H and O–H groups in total. The van der Waals surface area contributed by atoms with Gasteiger partial charge in [0.15, 0.2) is 0 Å². The second-order valence-corrected chi connectivity index (χ2v) is 4.98. The van der Waals surface area contributed by atoms with Crippen LogP contribution in [0.2, 0.25) is 5.02 Å². The van der Waals surface area contributed by atoms with Gasteiger partial charge < -0.3 is 0 Å². The normalized spacial score (nSPS) is 9.88. The molecule has 3 heteroatoms. The topological polar surface area (TPSA) is 23.8 Å². The summed E-state index contributed by atoms with van der Waals surface area (Å²) in [5, 5.41) is 9.67. The summed E-state index contributed by atoms with van der Waals surface area (Å²) in [4.78, 5) is 0.934. The third kappa shape index (κ3) is 3.26. The first kappa shape index (κ1) is 12.0. The van der Waals surface area contributed by atoms with Crippen LogP contribution in [0.25, 0.3) is 0 Å². The zero-order chi connectivity index (χ0) is 12.1. The molecule has 0 saturated carbocycles. The van der Waals surface area contributed by atoms with Gasteiger partial charge in [0.05, 0.1) is 5.56 Å². The molecular formula is C14H10ClNS. The van der Waals surface area contributed by atoms with Gasteiger partial charge in [0.25, 0.3) is 0 Å². The fourth-order valence-electron chi connectivity index (χ4n) is 1.44. The van der Waals surface area contributed by atoms with E-state index in [9.17, 15) is 0 Å². The van der Waals surface area contributed by atoms with Crippen LogP contribution in [0, 0.1) is 11.3 Å². The van der Waals surface area contributed by atoms with E-state index in [1.54, 1.807) is 23.9 Å². The molecule has 0 aromatic heterocycles. The van der Waals surface area contributed by atoms with Crippen molar-refractivity contribution in [1.29, 1.82) is 5.26 Å². The number of nitriles is 1. The second-order valence-electron chi connectivity index (χ2n) is 3.53. The summed E-state index contributed by atoms with van der Waals surface area (Å²) in [6, 6.07) is 17.7. The molecule has 0 spiro atoms. The number of thioether (sulfide) groups is 1. The van der Waals surface area contributed by atoms with Crippen molar-refractivity contribution in [3.63, 3.8) is 0 Å². The average Bonchev–Trinajstić information content (AvgIpc) is 2.38. The highest BCUT2D eigenvalue weighted by Gasteiger charge is 2.04. The lowest BCUT2D eigenvalue weighted by Gasteiger charge is -2.04. The van der Waals surface area contributed by atoms with E-state index in [1.165, 1.54) is 5.56 Å². The van der Waals surface area contributed by atoms with Gasteiger partial charge >= 0.3 is 0 Å². The quantitative estimate of drug-likeness (QED) is 0.758. The number of rotatable bonds is 3. The smallest absolute Gasteiger partial charge is 0.100 e. The highest BCUT2D eigenvalue weighted by atomic mass is 35.5. The third-order valence-electron chi connectivity index (χ3n) is 2.30. The zero-order valence-corrected chi connectivity index (χ0v) is 10.6. The van der Waals surface area contributed by atoms with Crippen molar-refractivity contribution in [2.24, 2.45) is 0 Å². The number of hydrogen-bond donors (Lipinski definition) is 0. The Hall–Kier alpha value is -1.43. The van der Waals surface area contributed by atoms with Crippen molar-refractivity contribution in [2.45, 2.75) is 10.6 Å². The van der Waals surface area contributed by atoms with Gasteiger partial charge in [-0.25, -0.2) is 0 Å². The van der Waals surface area contributed by atoms with Crippen molar-refractivity contribution in [3.05, 3.63) is 64.7 Å². The molecule has 2 rings (SSSR count). The van der Waals surface area contributed by atoms with Gasteiger partial charge in [-0.3, -0.25) is 0 Å². The van der Waals surface area contributed by atoms with Gasteiger partial charge in [-0.1, -0.05) is 41.9 Å². The first-order valence-corrected chi connectivity index (χ1v) is 6.52. The van der Waals surface area contributed by atoms with E-state index in [1.807, 2.05) is 24.3 Å². The molecule has 17 heavy (non-hydrogen) atoms. The molecule has 0 aliphatic carbocycles. The summed E-state index contributed by atoms with van der Waals surface area (Å²) in [5.74, 6) is 0.843. The molecule has 1 nitrogen and oxygen atoms in total. The predicted molar refractivity (Wildman–Crippen MR) is 72.2 cm³/mol. The molecule has 0 unspecified atom stereocenters. The van der Waals surface area contributed by atoms with Crippen molar-refractivity contribution >= 4 is 23.4 Å². The zero-order valence-electron chi connectivity index (χ0n) is 9.06. The lowest BCUT2D eigenvalue weighted by atomic mass is 10.2. The van der Waals surface area contributed by atoms with Crippen LogP contribution in [-0.4, -0.2) is 0 Å². The first-order chi connectivity index (χ1) is 8.29. The Morgan fingerprint density at radius 1 is 1.12 bits per heavy atom. The standard InChI is InChI=1S/C14H10ClNS/c15-13-7-6-12(9-16)14(8-13)17-10-11-4-2-1-3-5-11/h1-8H,10H2. The van der Waals surface area contributed by atoms with Crippen LogP contribution in [-0.2, 0) is 5.75 Å². The minimum Gasteiger partial charge on any atom is -0.192 e. The minimum absolute atomic E-state index is 0.666. The average molecular weight is 260 g/mol. The van der Waals surface area contributed by atoms with Gasteiger partial charge in [-0.05, 0) is 23.8 Å². The van der Waals surface area contributed by atoms with Crippen LogP contribution < -0.4 is 0 Å². The molecule has 0 amide bonds. The second kappa shape index (κ2) is 5.77. The van der Waals surface area contributed by atoms with Crippen LogP contribution in [0.15, 0.2) is 53.4 Å². The lowest BCUT2D eigenvalue weighted by Crippen LogP contribution is -1.83. The molecule has 0 atom stereocenters. The van der Waals surface area contributed by atoms with Gasteiger partial charge in [0.1, 0.15) is 6.07 Å². The molecule has 2 aromatic rings. The minimum atomic E-state index is 0.666. The Labute approximate surface area is 110 Å². The van der Waals surface area contributed by atoms with Gasteiger partial charge in [-0.2, -0.15) is 5.26 Å². The molecule has 84 valence electrons. The Morgan fingerprint density at radius 3 is 2.59 bits per heavy atom. The molecule has 0 fully saturated rings. The Morgan fingerprint density at radius 2 is 1.88 bits per heavy atom. The van der Waals surface area contributed by atoms with Crippen LogP contribution in [0.4, 0.5) is 0 Å². The van der Waals surface area contributed by atoms with Crippen LogP contribution in [0.3, 0.4) is 0 Å². The maximum absolute atomic E-state index is 9.00. The highest BCUT2D eigenvalue weighted by molar-refractivity contribution is 7.98. The van der Waals surface area contributed by atoms with Crippen LogP contribution in [0.5, 0.6) is 0 Å². The molecule has 0 saturated heterocycles. The van der Waals surface area contributed by atoms with E-state index in [2.05, 4.69) is 18.2 Å². The molecule has 0 radical (unpaired) electrons. The van der Waals surface area contributed by atoms with E-state index in [0.717, 1.165) is 10.6 Å². The molecular weight excluding hydrogens is 250 g/mol. The van der Waals surface area contributed by atoms with Gasteiger partial charge in [0, 0.05) is 15.7 Å². The third-order valence-corrected chi connectivity index (χ3v) is 3.66. The molecule has 2 aromatic carbocycles. The van der Waals surface area contributed by atoms with Crippen molar-refractivity contribution in [3.8, 4) is 6.07 Å². The molecule has 0 aliphatic rings. The van der Waals surface area contributed by atoms with E-state index in [4.69, 9.17) is 16.9 Å². The largest absolute Gasteiger partial charge is 0.192 e. The fourth-order valence-corrected chi connectivity index (χ4v) is 2.67. The van der Waals surface area contributed by atoms with Crippen molar-refractivity contribution < 1.29 is 0 Å². The first-order valence-electron chi connectivity index (χ1n) is 5.16. The number of halogens is 1. The molecule has 0 bridgehead atoms. The van der Waals surface area contributed by atoms with Crippen molar-refractivity contribution in [1.82, 2.24) is 0 Å². The lowest BCUT2D eigenvalue weighted by molar-refractivity contribution is 1.34. The summed E-state index contributed by atoms with van der Waals surface area (Å²) < 4.78 is 0.